The lowest BCUT2D eigenvalue weighted by Gasteiger charge is -2.23. The number of aromatic nitrogens is 4. The van der Waals surface area contributed by atoms with Gasteiger partial charge in [-0.25, -0.2) is 9.97 Å². The molecule has 0 spiro atoms. The van der Waals surface area contributed by atoms with Crippen LogP contribution in [0.1, 0.15) is 25.0 Å². The molecular weight excluding hydrogens is 705 g/mol. The minimum absolute atomic E-state index is 0.272. The van der Waals surface area contributed by atoms with Crippen molar-refractivity contribution in [2.45, 2.75) is 19.3 Å². The summed E-state index contributed by atoms with van der Waals surface area (Å²) in [4.78, 5) is 15.4. The van der Waals surface area contributed by atoms with E-state index in [2.05, 4.69) is 170 Å². The van der Waals surface area contributed by atoms with Crippen LogP contribution >= 0.6 is 0 Å². The lowest BCUT2D eigenvalue weighted by molar-refractivity contribution is 0.667. The summed E-state index contributed by atoms with van der Waals surface area (Å²) in [5.41, 5.74) is 14.2. The molecule has 4 nitrogen and oxygen atoms in total. The Bertz CT molecular complexity index is 3380. The number of nitrogens with zero attached hydrogens (tertiary/aromatic N) is 4. The van der Waals surface area contributed by atoms with Crippen LogP contribution in [0.3, 0.4) is 0 Å². The van der Waals surface area contributed by atoms with Gasteiger partial charge in [-0.1, -0.05) is 153 Å². The van der Waals surface area contributed by atoms with Crippen LogP contribution in [0.25, 0.3) is 105 Å². The normalized spacial score (nSPS) is 13.1. The van der Waals surface area contributed by atoms with Crippen LogP contribution in [0.2, 0.25) is 0 Å². The van der Waals surface area contributed by atoms with Crippen molar-refractivity contribution in [3.05, 3.63) is 193 Å². The first-order valence-corrected chi connectivity index (χ1v) is 19.9. The van der Waals surface area contributed by atoms with Gasteiger partial charge >= 0.3 is 0 Å². The lowest BCUT2D eigenvalue weighted by Crippen LogP contribution is -2.15. The monoisotopic (exact) mass is 740 g/mol. The molecule has 3 heterocycles. The Morgan fingerprint density at radius 1 is 0.466 bits per heavy atom. The van der Waals surface area contributed by atoms with Crippen LogP contribution < -0.4 is 0 Å². The largest absolute Gasteiger partial charge is 0.308 e. The highest BCUT2D eigenvalue weighted by Crippen LogP contribution is 2.56. The van der Waals surface area contributed by atoms with E-state index < -0.39 is 0 Å². The summed E-state index contributed by atoms with van der Waals surface area (Å²) in [5.74, 6) is 0.703. The van der Waals surface area contributed by atoms with Crippen molar-refractivity contribution in [1.29, 1.82) is 0 Å². The number of fused-ring (bicyclic) bond motifs is 14. The summed E-state index contributed by atoms with van der Waals surface area (Å²) >= 11 is 0. The van der Waals surface area contributed by atoms with Crippen LogP contribution in [-0.2, 0) is 5.41 Å². The standard InChI is InChI=1S/C54H36N4/c1-54(2)43-28-26-41-39-23-10-9-21-37(39)38-22-11-12-24-40(38)48(41)49(43)42-27-29-46-50(51(42)54)52-47(25-14-30-55-52)58(46)36-20-13-19-35(31-36)45-32-44(33-15-5-3-6-16-33)56-53(57-45)34-17-7-4-8-18-34/h3-32H,1-2H3. The third-order valence-corrected chi connectivity index (χ3v) is 12.4. The molecule has 1 aliphatic carbocycles. The fourth-order valence-corrected chi connectivity index (χ4v) is 9.86. The van der Waals surface area contributed by atoms with E-state index >= 15 is 0 Å². The van der Waals surface area contributed by atoms with Gasteiger partial charge in [-0.05, 0) is 91.0 Å². The van der Waals surface area contributed by atoms with Crippen molar-refractivity contribution in [2.24, 2.45) is 0 Å². The first-order chi connectivity index (χ1) is 28.5. The van der Waals surface area contributed by atoms with E-state index in [0.717, 1.165) is 50.3 Å². The zero-order valence-electron chi connectivity index (χ0n) is 32.1. The van der Waals surface area contributed by atoms with Crippen LogP contribution in [-0.4, -0.2) is 19.5 Å². The third-order valence-electron chi connectivity index (χ3n) is 12.4. The Balaban J connectivity index is 1.10. The molecule has 3 aromatic heterocycles. The molecule has 0 unspecified atom stereocenters. The van der Waals surface area contributed by atoms with Gasteiger partial charge in [-0.15, -0.1) is 0 Å². The molecule has 0 aliphatic heterocycles. The van der Waals surface area contributed by atoms with E-state index in [1.54, 1.807) is 0 Å². The van der Waals surface area contributed by atoms with Crippen LogP contribution in [0.5, 0.6) is 0 Å². The summed E-state index contributed by atoms with van der Waals surface area (Å²) < 4.78 is 2.39. The maximum absolute atomic E-state index is 5.17. The van der Waals surface area contributed by atoms with E-state index in [0.29, 0.717) is 5.82 Å². The van der Waals surface area contributed by atoms with Crippen molar-refractivity contribution in [3.8, 4) is 50.7 Å². The molecule has 11 aromatic rings. The van der Waals surface area contributed by atoms with Gasteiger partial charge in [-0.3, -0.25) is 4.98 Å². The third kappa shape index (κ3) is 4.66. The fraction of sp³-hybridized carbons (Fsp3) is 0.0556. The van der Waals surface area contributed by atoms with Gasteiger partial charge in [0.25, 0.3) is 0 Å². The maximum Gasteiger partial charge on any atom is 0.160 e. The second kappa shape index (κ2) is 12.3. The average molecular weight is 741 g/mol. The zero-order chi connectivity index (χ0) is 38.5. The molecule has 12 rings (SSSR count). The Hall–Kier alpha value is -7.43. The molecule has 4 heteroatoms. The minimum Gasteiger partial charge on any atom is -0.308 e. The summed E-state index contributed by atoms with van der Waals surface area (Å²) in [5, 5.41) is 9.01. The quantitative estimate of drug-likeness (QED) is 0.169. The number of rotatable bonds is 4. The molecule has 0 N–H and O–H groups in total. The van der Waals surface area contributed by atoms with E-state index in [1.165, 1.54) is 60.0 Å². The summed E-state index contributed by atoms with van der Waals surface area (Å²) in [6.07, 6.45) is 1.93. The predicted octanol–water partition coefficient (Wildman–Crippen LogP) is 13.7. The molecular formula is C54H36N4. The van der Waals surface area contributed by atoms with Gasteiger partial charge in [-0.2, -0.15) is 0 Å². The molecule has 0 bridgehead atoms. The molecule has 272 valence electrons. The van der Waals surface area contributed by atoms with E-state index in [1.807, 2.05) is 30.5 Å². The van der Waals surface area contributed by atoms with Crippen molar-refractivity contribution in [1.82, 2.24) is 19.5 Å². The van der Waals surface area contributed by atoms with Crippen molar-refractivity contribution in [3.63, 3.8) is 0 Å². The Morgan fingerprint density at radius 2 is 1.09 bits per heavy atom. The number of pyridine rings is 1. The Kier molecular flexibility index (Phi) is 6.94. The highest BCUT2D eigenvalue weighted by Gasteiger charge is 2.40. The molecule has 0 saturated heterocycles. The number of hydrogen-bond acceptors (Lipinski definition) is 3. The first kappa shape index (κ1) is 32.8. The highest BCUT2D eigenvalue weighted by molar-refractivity contribution is 6.30. The van der Waals surface area contributed by atoms with Gasteiger partial charge in [0, 0.05) is 39.4 Å². The molecule has 0 radical (unpaired) electrons. The van der Waals surface area contributed by atoms with Gasteiger partial charge in [0.1, 0.15) is 0 Å². The number of hydrogen-bond donors (Lipinski definition) is 0. The van der Waals surface area contributed by atoms with Crippen molar-refractivity contribution < 1.29 is 0 Å². The Labute approximate surface area is 335 Å². The predicted molar refractivity (Wildman–Crippen MR) is 241 cm³/mol. The molecule has 0 atom stereocenters. The second-order valence-corrected chi connectivity index (χ2v) is 16.0. The van der Waals surface area contributed by atoms with E-state index in [-0.39, 0.29) is 5.41 Å². The molecule has 58 heavy (non-hydrogen) atoms. The van der Waals surface area contributed by atoms with Gasteiger partial charge in [0.15, 0.2) is 5.82 Å². The average Bonchev–Trinajstić information content (AvgIpc) is 3.75. The van der Waals surface area contributed by atoms with Crippen LogP contribution in [0.4, 0.5) is 0 Å². The topological polar surface area (TPSA) is 43.6 Å². The van der Waals surface area contributed by atoms with Gasteiger partial charge in [0.2, 0.25) is 0 Å². The smallest absolute Gasteiger partial charge is 0.160 e. The van der Waals surface area contributed by atoms with Gasteiger partial charge in [0.05, 0.1) is 27.9 Å². The Morgan fingerprint density at radius 3 is 1.83 bits per heavy atom. The molecule has 1 aliphatic rings. The summed E-state index contributed by atoms with van der Waals surface area (Å²) in [6, 6.07) is 62.9. The van der Waals surface area contributed by atoms with Crippen molar-refractivity contribution in [2.75, 3.05) is 0 Å². The summed E-state index contributed by atoms with van der Waals surface area (Å²) in [6.45, 7) is 4.78. The zero-order valence-corrected chi connectivity index (χ0v) is 32.1. The molecule has 0 amide bonds. The SMILES string of the molecule is CC1(C)c2ccc3c4ccccc4c4ccccc4c3c2-c2ccc3c(c21)c1ncccc1n3-c1cccc(-c2cc(-c3ccccc3)nc(-c3ccccc3)n2)c1. The van der Waals surface area contributed by atoms with E-state index in [9.17, 15) is 0 Å². The second-order valence-electron chi connectivity index (χ2n) is 16.0. The van der Waals surface area contributed by atoms with Gasteiger partial charge < -0.3 is 4.57 Å². The fourth-order valence-electron chi connectivity index (χ4n) is 9.86. The molecule has 0 saturated carbocycles. The molecule has 0 fully saturated rings. The minimum atomic E-state index is -0.272. The first-order valence-electron chi connectivity index (χ1n) is 19.9. The highest BCUT2D eigenvalue weighted by atomic mass is 15.0. The van der Waals surface area contributed by atoms with Crippen molar-refractivity contribution >= 4 is 54.3 Å². The maximum atomic E-state index is 5.17. The van der Waals surface area contributed by atoms with E-state index in [4.69, 9.17) is 15.0 Å². The van der Waals surface area contributed by atoms with Crippen LogP contribution in [0.15, 0.2) is 182 Å². The molecule has 8 aromatic carbocycles. The number of benzene rings is 8. The lowest BCUT2D eigenvalue weighted by atomic mass is 9.80. The van der Waals surface area contributed by atoms with Crippen LogP contribution in [0, 0.1) is 0 Å². The summed E-state index contributed by atoms with van der Waals surface area (Å²) in [7, 11) is 0.